The van der Waals surface area contributed by atoms with Crippen LogP contribution < -0.4 is 0 Å². The fraction of sp³-hybridized carbons (Fsp3) is 0.400. The monoisotopic (exact) mass is 230 g/mol. The zero-order chi connectivity index (χ0) is 12.7. The van der Waals surface area contributed by atoms with Gasteiger partial charge in [-0.2, -0.15) is 0 Å². The molecule has 1 aromatic rings. The van der Waals surface area contributed by atoms with E-state index in [0.717, 1.165) is 30.4 Å². The molecule has 1 atom stereocenters. The third kappa shape index (κ3) is 4.32. The molecule has 0 bridgehead atoms. The van der Waals surface area contributed by atoms with E-state index in [9.17, 15) is 4.79 Å². The van der Waals surface area contributed by atoms with Crippen LogP contribution in [0.4, 0.5) is 0 Å². The van der Waals surface area contributed by atoms with E-state index in [1.165, 1.54) is 0 Å². The minimum absolute atomic E-state index is 0.303. The second-order valence-corrected chi connectivity index (χ2v) is 4.23. The first-order valence-electron chi connectivity index (χ1n) is 5.95. The minimum Gasteiger partial charge on any atom is -0.481 e. The maximum Gasteiger partial charge on any atom is 0.306 e. The average Bonchev–Trinajstić information content (AvgIpc) is 2.34. The van der Waals surface area contributed by atoms with Gasteiger partial charge in [0.05, 0.1) is 5.92 Å². The molecule has 0 aliphatic heterocycles. The Morgan fingerprint density at radius 3 is 2.88 bits per heavy atom. The summed E-state index contributed by atoms with van der Waals surface area (Å²) in [6.45, 7) is 2.07. The lowest BCUT2D eigenvalue weighted by Crippen LogP contribution is -2.16. The Balaban J connectivity index is 2.72. The Kier molecular flexibility index (Phi) is 5.29. The van der Waals surface area contributed by atoms with Gasteiger partial charge in [0.25, 0.3) is 0 Å². The molecule has 1 N–H and O–H groups in total. The number of hydrogen-bond acceptors (Lipinski definition) is 1. The zero-order valence-corrected chi connectivity index (χ0v) is 10.1. The van der Waals surface area contributed by atoms with E-state index in [2.05, 4.69) is 12.8 Å². The molecule has 17 heavy (non-hydrogen) atoms. The molecule has 1 unspecified atom stereocenters. The molecular weight excluding hydrogens is 212 g/mol. The summed E-state index contributed by atoms with van der Waals surface area (Å²) in [5, 5.41) is 9.15. The van der Waals surface area contributed by atoms with Crippen molar-refractivity contribution in [3.05, 3.63) is 35.4 Å². The van der Waals surface area contributed by atoms with Crippen molar-refractivity contribution in [1.29, 1.82) is 0 Å². The smallest absolute Gasteiger partial charge is 0.306 e. The number of carbonyl (C=O) groups is 1. The largest absolute Gasteiger partial charge is 0.481 e. The predicted molar refractivity (Wildman–Crippen MR) is 68.7 cm³/mol. The Hall–Kier alpha value is -1.75. The lowest BCUT2D eigenvalue weighted by molar-refractivity contribution is -0.141. The maximum atomic E-state index is 11.1. The second-order valence-electron chi connectivity index (χ2n) is 4.23. The molecule has 90 valence electrons. The molecule has 0 saturated heterocycles. The molecule has 2 nitrogen and oxygen atoms in total. The van der Waals surface area contributed by atoms with Crippen molar-refractivity contribution in [1.82, 2.24) is 0 Å². The van der Waals surface area contributed by atoms with Gasteiger partial charge in [0.1, 0.15) is 0 Å². The van der Waals surface area contributed by atoms with Crippen LogP contribution in [0.5, 0.6) is 0 Å². The van der Waals surface area contributed by atoms with Crippen LogP contribution in [0, 0.1) is 18.3 Å². The maximum absolute atomic E-state index is 11.1. The fourth-order valence-corrected chi connectivity index (χ4v) is 1.84. The molecule has 0 spiro atoms. The number of hydrogen-bond donors (Lipinski definition) is 1. The van der Waals surface area contributed by atoms with Crippen molar-refractivity contribution in [2.75, 3.05) is 0 Å². The van der Waals surface area contributed by atoms with E-state index >= 15 is 0 Å². The van der Waals surface area contributed by atoms with Crippen LogP contribution in [0.15, 0.2) is 24.3 Å². The summed E-state index contributed by atoms with van der Waals surface area (Å²) in [7, 11) is 0. The van der Waals surface area contributed by atoms with Crippen LogP contribution in [0.3, 0.4) is 0 Å². The molecule has 2 heteroatoms. The highest BCUT2D eigenvalue weighted by Crippen LogP contribution is 2.16. The van der Waals surface area contributed by atoms with Crippen LogP contribution in [-0.2, 0) is 11.2 Å². The van der Waals surface area contributed by atoms with Crippen molar-refractivity contribution in [2.24, 2.45) is 5.92 Å². The van der Waals surface area contributed by atoms with Crippen molar-refractivity contribution in [2.45, 2.75) is 32.6 Å². The first-order valence-corrected chi connectivity index (χ1v) is 5.95. The van der Waals surface area contributed by atoms with Crippen molar-refractivity contribution >= 4 is 5.97 Å². The van der Waals surface area contributed by atoms with Crippen LogP contribution >= 0.6 is 0 Å². The van der Waals surface area contributed by atoms with Gasteiger partial charge in [-0.25, -0.2) is 0 Å². The molecule has 1 rings (SSSR count). The van der Waals surface area contributed by atoms with Crippen LogP contribution in [-0.4, -0.2) is 11.1 Å². The molecule has 0 aromatic heterocycles. The molecule has 0 heterocycles. The predicted octanol–water partition coefficient (Wildman–Crippen LogP) is 3.10. The average molecular weight is 230 g/mol. The minimum atomic E-state index is -0.718. The molecule has 0 radical (unpaired) electrons. The Bertz CT molecular complexity index is 415. The molecule has 1 aromatic carbocycles. The summed E-state index contributed by atoms with van der Waals surface area (Å²) in [5.74, 6) is 1.54. The normalized spacial score (nSPS) is 11.8. The molecule has 0 aliphatic carbocycles. The summed E-state index contributed by atoms with van der Waals surface area (Å²) in [4.78, 5) is 11.1. The van der Waals surface area contributed by atoms with Gasteiger partial charge in [-0.3, -0.25) is 4.79 Å². The van der Waals surface area contributed by atoms with Crippen LogP contribution in [0.1, 0.15) is 37.3 Å². The summed E-state index contributed by atoms with van der Waals surface area (Å²) in [5.41, 5.74) is 1.81. The van der Waals surface area contributed by atoms with E-state index < -0.39 is 5.97 Å². The lowest BCUT2D eigenvalue weighted by atomic mass is 9.93. The SMILES string of the molecule is C#Cc1cccc(CC(CCCC)C(=O)O)c1. The third-order valence-electron chi connectivity index (χ3n) is 2.83. The highest BCUT2D eigenvalue weighted by Gasteiger charge is 2.17. The third-order valence-corrected chi connectivity index (χ3v) is 2.83. The van der Waals surface area contributed by atoms with E-state index in [-0.39, 0.29) is 5.92 Å². The Morgan fingerprint density at radius 1 is 1.53 bits per heavy atom. The van der Waals surface area contributed by atoms with Gasteiger partial charge in [0.15, 0.2) is 0 Å². The van der Waals surface area contributed by atoms with Gasteiger partial charge >= 0.3 is 5.97 Å². The second kappa shape index (κ2) is 6.75. The van der Waals surface area contributed by atoms with E-state index in [0.29, 0.717) is 6.42 Å². The van der Waals surface area contributed by atoms with Gasteiger partial charge in [-0.15, -0.1) is 6.42 Å². The standard InChI is InChI=1S/C15H18O2/c1-3-5-9-14(15(16)17)11-13-8-6-7-12(4-2)10-13/h2,6-8,10,14H,3,5,9,11H2,1H3,(H,16,17). The van der Waals surface area contributed by atoms with Crippen molar-refractivity contribution < 1.29 is 9.90 Å². The van der Waals surface area contributed by atoms with Gasteiger partial charge in [-0.1, -0.05) is 37.8 Å². The van der Waals surface area contributed by atoms with Gasteiger partial charge in [0, 0.05) is 5.56 Å². The van der Waals surface area contributed by atoms with Gasteiger partial charge in [-0.05, 0) is 30.5 Å². The highest BCUT2D eigenvalue weighted by atomic mass is 16.4. The number of benzene rings is 1. The van der Waals surface area contributed by atoms with Gasteiger partial charge in [0.2, 0.25) is 0 Å². The molecule has 0 aliphatic rings. The summed E-state index contributed by atoms with van der Waals surface area (Å²) in [6.07, 6.45) is 8.58. The number of carboxylic acid groups (broad SMARTS) is 1. The van der Waals surface area contributed by atoms with E-state index in [1.807, 2.05) is 24.3 Å². The first kappa shape index (κ1) is 13.3. The van der Waals surface area contributed by atoms with Crippen molar-refractivity contribution in [3.8, 4) is 12.3 Å². The highest BCUT2D eigenvalue weighted by molar-refractivity contribution is 5.70. The fourth-order valence-electron chi connectivity index (χ4n) is 1.84. The summed E-state index contributed by atoms with van der Waals surface area (Å²) < 4.78 is 0. The summed E-state index contributed by atoms with van der Waals surface area (Å²) >= 11 is 0. The quantitative estimate of drug-likeness (QED) is 0.762. The van der Waals surface area contributed by atoms with Gasteiger partial charge < -0.3 is 5.11 Å². The first-order chi connectivity index (χ1) is 8.17. The molecule has 0 fully saturated rings. The number of aliphatic carboxylic acids is 1. The number of unbranched alkanes of at least 4 members (excludes halogenated alkanes) is 1. The number of terminal acetylenes is 1. The van der Waals surface area contributed by atoms with Crippen LogP contribution in [0.2, 0.25) is 0 Å². The summed E-state index contributed by atoms with van der Waals surface area (Å²) in [6, 6.07) is 7.55. The van der Waals surface area contributed by atoms with E-state index in [4.69, 9.17) is 11.5 Å². The zero-order valence-electron chi connectivity index (χ0n) is 10.1. The van der Waals surface area contributed by atoms with E-state index in [1.54, 1.807) is 0 Å². The topological polar surface area (TPSA) is 37.3 Å². The van der Waals surface area contributed by atoms with Crippen LogP contribution in [0.25, 0.3) is 0 Å². The molecule has 0 saturated carbocycles. The lowest BCUT2D eigenvalue weighted by Gasteiger charge is -2.11. The van der Waals surface area contributed by atoms with Crippen molar-refractivity contribution in [3.63, 3.8) is 0 Å². The number of rotatable bonds is 6. The Morgan fingerprint density at radius 2 is 2.29 bits per heavy atom. The number of carboxylic acids is 1. The Labute approximate surface area is 103 Å². The molecular formula is C15H18O2. The molecule has 0 amide bonds.